The van der Waals surface area contributed by atoms with E-state index >= 15 is 0 Å². The Hall–Kier alpha value is -3.73. The van der Waals surface area contributed by atoms with E-state index in [9.17, 15) is 8.42 Å². The molecular formula is C23H25N5O5S. The van der Waals surface area contributed by atoms with Gasteiger partial charge >= 0.3 is 0 Å². The van der Waals surface area contributed by atoms with Crippen molar-refractivity contribution < 1.29 is 22.3 Å². The number of sulfone groups is 1. The number of aromatic nitrogens is 5. The summed E-state index contributed by atoms with van der Waals surface area (Å²) in [5, 5.41) is 7.74. The number of hydrogen-bond acceptors (Lipinski definition) is 9. The summed E-state index contributed by atoms with van der Waals surface area (Å²) in [6.45, 7) is 3.47. The molecule has 0 fully saturated rings. The summed E-state index contributed by atoms with van der Waals surface area (Å²) in [6.07, 6.45) is 4.95. The van der Waals surface area contributed by atoms with Crippen LogP contribution in [0.1, 0.15) is 24.1 Å². The van der Waals surface area contributed by atoms with E-state index in [4.69, 9.17) is 13.9 Å². The Kier molecular flexibility index (Phi) is 6.64. The predicted molar refractivity (Wildman–Crippen MR) is 125 cm³/mol. The molecule has 0 bridgehead atoms. The van der Waals surface area contributed by atoms with Crippen molar-refractivity contribution in [3.8, 4) is 28.8 Å². The van der Waals surface area contributed by atoms with Crippen LogP contribution < -0.4 is 9.47 Å². The molecular weight excluding hydrogens is 458 g/mol. The molecule has 0 unspecified atom stereocenters. The quantitative estimate of drug-likeness (QED) is 0.353. The Morgan fingerprint density at radius 1 is 1.03 bits per heavy atom. The van der Waals surface area contributed by atoms with Crippen LogP contribution in [0.15, 0.2) is 53.4 Å². The van der Waals surface area contributed by atoms with Crippen LogP contribution in [0.25, 0.3) is 17.3 Å². The van der Waals surface area contributed by atoms with Gasteiger partial charge < -0.3 is 13.9 Å². The van der Waals surface area contributed by atoms with Crippen molar-refractivity contribution in [2.24, 2.45) is 0 Å². The molecule has 4 aromatic rings. The maximum atomic E-state index is 13.3. The van der Waals surface area contributed by atoms with E-state index in [1.165, 1.54) is 20.5 Å². The van der Waals surface area contributed by atoms with Gasteiger partial charge in [-0.1, -0.05) is 6.07 Å². The van der Waals surface area contributed by atoms with E-state index in [1.54, 1.807) is 54.2 Å². The average molecular weight is 484 g/mol. The Labute approximate surface area is 197 Å². The smallest absolute Gasteiger partial charge is 0.204 e. The van der Waals surface area contributed by atoms with Crippen molar-refractivity contribution >= 4 is 9.84 Å². The molecule has 0 saturated heterocycles. The van der Waals surface area contributed by atoms with Gasteiger partial charge in [-0.05, 0) is 38.1 Å². The van der Waals surface area contributed by atoms with Gasteiger partial charge in [-0.3, -0.25) is 14.5 Å². The summed E-state index contributed by atoms with van der Waals surface area (Å²) in [5.41, 5.74) is 1.85. The van der Waals surface area contributed by atoms with Gasteiger partial charge in [-0.25, -0.2) is 8.42 Å². The number of nitrogens with zero attached hydrogens (tertiary/aromatic N) is 5. The normalized spacial score (nSPS) is 12.5. The minimum atomic E-state index is -3.65. The standard InChI is InChI=1S/C23H25N5O5S/c1-15-12-25-17(13-24-15)11-16(2)34(29,30)14-21-26-27-23(20-9-6-10-33-20)28(21)22-18(31-3)7-5-8-19(22)32-4/h5-10,12-13,16H,11,14H2,1-4H3/t16-/m1/s1. The summed E-state index contributed by atoms with van der Waals surface area (Å²) >= 11 is 0. The summed E-state index contributed by atoms with van der Waals surface area (Å²) in [6, 6.07) is 8.72. The molecule has 0 N–H and O–H groups in total. The lowest BCUT2D eigenvalue weighted by Crippen LogP contribution is -2.24. The Balaban J connectivity index is 1.77. The highest BCUT2D eigenvalue weighted by Gasteiger charge is 2.29. The first kappa shape index (κ1) is 23.4. The largest absolute Gasteiger partial charge is 0.494 e. The minimum Gasteiger partial charge on any atom is -0.494 e. The molecule has 0 saturated carbocycles. The van der Waals surface area contributed by atoms with Crippen LogP contribution in [0.5, 0.6) is 11.5 Å². The molecule has 34 heavy (non-hydrogen) atoms. The van der Waals surface area contributed by atoms with Crippen molar-refractivity contribution in [1.29, 1.82) is 0 Å². The van der Waals surface area contributed by atoms with Crippen LogP contribution in [0.2, 0.25) is 0 Å². The van der Waals surface area contributed by atoms with Crippen LogP contribution >= 0.6 is 0 Å². The molecule has 0 spiro atoms. The molecule has 3 aromatic heterocycles. The Morgan fingerprint density at radius 3 is 2.35 bits per heavy atom. The van der Waals surface area contributed by atoms with Gasteiger partial charge in [0.2, 0.25) is 5.82 Å². The fourth-order valence-electron chi connectivity index (χ4n) is 3.53. The number of ether oxygens (including phenoxy) is 2. The predicted octanol–water partition coefficient (Wildman–Crippen LogP) is 3.19. The summed E-state index contributed by atoms with van der Waals surface area (Å²) < 4.78 is 44.9. The lowest BCUT2D eigenvalue weighted by Gasteiger charge is -2.18. The third-order valence-electron chi connectivity index (χ3n) is 5.37. The van der Waals surface area contributed by atoms with Gasteiger partial charge in [-0.2, -0.15) is 0 Å². The van der Waals surface area contributed by atoms with Crippen molar-refractivity contribution in [3.63, 3.8) is 0 Å². The van der Waals surface area contributed by atoms with E-state index < -0.39 is 15.1 Å². The highest BCUT2D eigenvalue weighted by molar-refractivity contribution is 7.91. The zero-order chi connectivity index (χ0) is 24.3. The summed E-state index contributed by atoms with van der Waals surface area (Å²) in [4.78, 5) is 8.48. The minimum absolute atomic E-state index is 0.205. The first-order valence-electron chi connectivity index (χ1n) is 10.5. The third kappa shape index (κ3) is 4.65. The SMILES string of the molecule is COc1cccc(OC)c1-n1c(CS(=O)(=O)[C@H](C)Cc2cnc(C)cn2)nnc1-c1ccco1. The third-order valence-corrected chi connectivity index (χ3v) is 7.42. The molecule has 4 rings (SSSR count). The molecule has 0 aliphatic heterocycles. The van der Waals surface area contributed by atoms with Crippen LogP contribution in [0, 0.1) is 6.92 Å². The number of rotatable bonds is 9. The number of furan rings is 1. The molecule has 178 valence electrons. The second-order valence-corrected chi connectivity index (χ2v) is 10.2. The van der Waals surface area contributed by atoms with Crippen molar-refractivity contribution in [3.05, 3.63) is 66.2 Å². The molecule has 10 nitrogen and oxygen atoms in total. The van der Waals surface area contributed by atoms with Crippen LogP contribution in [-0.4, -0.2) is 52.6 Å². The lowest BCUT2D eigenvalue weighted by molar-refractivity contribution is 0.390. The van der Waals surface area contributed by atoms with Crippen LogP contribution in [-0.2, 0) is 22.0 Å². The van der Waals surface area contributed by atoms with E-state index in [-0.39, 0.29) is 18.0 Å². The Morgan fingerprint density at radius 2 is 1.76 bits per heavy atom. The molecule has 1 atom stereocenters. The number of para-hydroxylation sites is 1. The van der Waals surface area contributed by atoms with Gasteiger partial charge in [0.15, 0.2) is 21.4 Å². The number of methoxy groups -OCH3 is 2. The van der Waals surface area contributed by atoms with E-state index in [0.29, 0.717) is 34.5 Å². The lowest BCUT2D eigenvalue weighted by atomic mass is 10.2. The first-order valence-corrected chi connectivity index (χ1v) is 12.2. The van der Waals surface area contributed by atoms with Gasteiger partial charge in [0.25, 0.3) is 0 Å². The summed E-state index contributed by atoms with van der Waals surface area (Å²) in [7, 11) is -0.602. The Bertz CT molecular complexity index is 1340. The molecule has 1 aromatic carbocycles. The summed E-state index contributed by atoms with van der Waals surface area (Å²) in [5.74, 6) is 1.53. The average Bonchev–Trinajstić information content (AvgIpc) is 3.49. The van der Waals surface area contributed by atoms with Crippen molar-refractivity contribution in [1.82, 2.24) is 24.7 Å². The van der Waals surface area contributed by atoms with E-state index in [1.807, 2.05) is 6.92 Å². The van der Waals surface area contributed by atoms with E-state index in [0.717, 1.165) is 5.69 Å². The first-order chi connectivity index (χ1) is 16.3. The molecule has 3 heterocycles. The monoisotopic (exact) mass is 483 g/mol. The zero-order valence-corrected chi connectivity index (χ0v) is 20.1. The molecule has 0 aliphatic rings. The van der Waals surface area contributed by atoms with Crippen LogP contribution in [0.4, 0.5) is 0 Å². The highest BCUT2D eigenvalue weighted by atomic mass is 32.2. The zero-order valence-electron chi connectivity index (χ0n) is 19.3. The molecule has 0 amide bonds. The number of benzene rings is 1. The van der Waals surface area contributed by atoms with Crippen molar-refractivity contribution in [2.75, 3.05) is 14.2 Å². The maximum Gasteiger partial charge on any atom is 0.204 e. The van der Waals surface area contributed by atoms with E-state index in [2.05, 4.69) is 20.2 Å². The fourth-order valence-corrected chi connectivity index (χ4v) is 4.79. The molecule has 0 aliphatic carbocycles. The fraction of sp³-hybridized carbons (Fsp3) is 0.304. The number of hydrogen-bond donors (Lipinski definition) is 0. The molecule has 11 heteroatoms. The van der Waals surface area contributed by atoms with Gasteiger partial charge in [0, 0.05) is 18.8 Å². The van der Waals surface area contributed by atoms with Gasteiger partial charge in [0.1, 0.15) is 22.9 Å². The second kappa shape index (κ2) is 9.64. The molecule has 0 radical (unpaired) electrons. The van der Waals surface area contributed by atoms with Gasteiger partial charge in [-0.15, -0.1) is 10.2 Å². The van der Waals surface area contributed by atoms with Crippen molar-refractivity contribution in [2.45, 2.75) is 31.3 Å². The second-order valence-electron chi connectivity index (χ2n) is 7.73. The van der Waals surface area contributed by atoms with Crippen LogP contribution in [0.3, 0.4) is 0 Å². The topological polar surface area (TPSA) is 122 Å². The maximum absolute atomic E-state index is 13.3. The number of aryl methyl sites for hydroxylation is 1. The highest BCUT2D eigenvalue weighted by Crippen LogP contribution is 2.36. The van der Waals surface area contributed by atoms with Gasteiger partial charge in [0.05, 0.1) is 37.1 Å².